The SMILES string of the molecule is CC(CCN)CCC(=O)Nc1cc2[nH]c(=O)[nH]c2cc1Br. The van der Waals surface area contributed by atoms with Gasteiger partial charge < -0.3 is 21.0 Å². The van der Waals surface area contributed by atoms with Crippen LogP contribution >= 0.6 is 15.9 Å². The first-order chi connectivity index (χ1) is 9.99. The third-order valence-electron chi connectivity index (χ3n) is 3.40. The van der Waals surface area contributed by atoms with Gasteiger partial charge in [-0.3, -0.25) is 4.79 Å². The van der Waals surface area contributed by atoms with Crippen LogP contribution in [0.4, 0.5) is 5.69 Å². The molecular weight excluding hydrogens is 336 g/mol. The molecule has 6 nitrogen and oxygen atoms in total. The van der Waals surface area contributed by atoms with Crippen molar-refractivity contribution in [3.05, 3.63) is 27.1 Å². The molecule has 0 saturated heterocycles. The number of nitrogens with two attached hydrogens (primary N) is 1. The lowest BCUT2D eigenvalue weighted by atomic mass is 10.0. The molecule has 0 aliphatic carbocycles. The zero-order chi connectivity index (χ0) is 15.4. The fraction of sp³-hybridized carbons (Fsp3) is 0.429. The first-order valence-electron chi connectivity index (χ1n) is 6.91. The zero-order valence-corrected chi connectivity index (χ0v) is 13.4. The van der Waals surface area contributed by atoms with Crippen LogP contribution in [0.25, 0.3) is 11.0 Å². The van der Waals surface area contributed by atoms with Gasteiger partial charge in [-0.25, -0.2) is 4.79 Å². The molecule has 0 aliphatic heterocycles. The van der Waals surface area contributed by atoms with E-state index in [1.54, 1.807) is 12.1 Å². The first kappa shape index (κ1) is 15.8. The summed E-state index contributed by atoms with van der Waals surface area (Å²) < 4.78 is 0.730. The van der Waals surface area contributed by atoms with E-state index < -0.39 is 0 Å². The number of halogens is 1. The third kappa shape index (κ3) is 4.18. The molecule has 1 unspecified atom stereocenters. The Labute approximate surface area is 130 Å². The Morgan fingerprint density at radius 3 is 2.67 bits per heavy atom. The molecule has 0 bridgehead atoms. The van der Waals surface area contributed by atoms with Crippen molar-refractivity contribution in [2.24, 2.45) is 11.7 Å². The molecule has 0 saturated carbocycles. The largest absolute Gasteiger partial charge is 0.330 e. The molecule has 2 aromatic rings. The first-order valence-corrected chi connectivity index (χ1v) is 7.70. The molecule has 1 heterocycles. The average molecular weight is 355 g/mol. The van der Waals surface area contributed by atoms with Gasteiger partial charge in [-0.2, -0.15) is 0 Å². The van der Waals surface area contributed by atoms with E-state index in [0.717, 1.165) is 17.3 Å². The van der Waals surface area contributed by atoms with Crippen molar-refractivity contribution in [1.29, 1.82) is 0 Å². The van der Waals surface area contributed by atoms with Crippen LogP contribution in [0.3, 0.4) is 0 Å². The number of benzene rings is 1. The molecule has 114 valence electrons. The molecule has 21 heavy (non-hydrogen) atoms. The number of rotatable bonds is 6. The number of hydrogen-bond acceptors (Lipinski definition) is 3. The Kier molecular flexibility index (Phi) is 5.19. The number of aromatic amines is 2. The van der Waals surface area contributed by atoms with Crippen molar-refractivity contribution < 1.29 is 4.79 Å². The molecule has 1 aromatic carbocycles. The minimum Gasteiger partial charge on any atom is -0.330 e. The highest BCUT2D eigenvalue weighted by Gasteiger charge is 2.10. The highest BCUT2D eigenvalue weighted by Crippen LogP contribution is 2.26. The van der Waals surface area contributed by atoms with Crippen molar-refractivity contribution >= 4 is 38.6 Å². The monoisotopic (exact) mass is 354 g/mol. The number of carbonyl (C=O) groups excluding carboxylic acids is 1. The van der Waals surface area contributed by atoms with Crippen LogP contribution in [-0.4, -0.2) is 22.4 Å². The maximum absolute atomic E-state index is 12.0. The lowest BCUT2D eigenvalue weighted by molar-refractivity contribution is -0.116. The summed E-state index contributed by atoms with van der Waals surface area (Å²) in [7, 11) is 0. The normalized spacial score (nSPS) is 12.5. The number of aromatic nitrogens is 2. The van der Waals surface area contributed by atoms with Crippen LogP contribution in [0.5, 0.6) is 0 Å². The van der Waals surface area contributed by atoms with E-state index in [1.165, 1.54) is 0 Å². The summed E-state index contributed by atoms with van der Waals surface area (Å²) in [6.07, 6.45) is 2.19. The highest BCUT2D eigenvalue weighted by atomic mass is 79.9. The molecule has 0 aliphatic rings. The second-order valence-electron chi connectivity index (χ2n) is 5.23. The van der Waals surface area contributed by atoms with Crippen molar-refractivity contribution in [3.63, 3.8) is 0 Å². The second-order valence-corrected chi connectivity index (χ2v) is 6.08. The number of fused-ring (bicyclic) bond motifs is 1. The number of imidazole rings is 1. The summed E-state index contributed by atoms with van der Waals surface area (Å²) >= 11 is 3.39. The van der Waals surface area contributed by atoms with Gasteiger partial charge in [0.2, 0.25) is 5.91 Å². The third-order valence-corrected chi connectivity index (χ3v) is 4.06. The van der Waals surface area contributed by atoms with Crippen molar-refractivity contribution in [1.82, 2.24) is 9.97 Å². The molecule has 7 heteroatoms. The van der Waals surface area contributed by atoms with E-state index in [4.69, 9.17) is 5.73 Å². The smallest absolute Gasteiger partial charge is 0.323 e. The topological polar surface area (TPSA) is 104 Å². The standard InChI is InChI=1S/C14H19BrN4O2/c1-8(4-5-16)2-3-13(20)17-10-7-12-11(6-9(10)15)18-14(21)19-12/h6-8H,2-5,16H2,1H3,(H,17,20)(H2,18,19,21). The summed E-state index contributed by atoms with van der Waals surface area (Å²) in [6.45, 7) is 2.73. The van der Waals surface area contributed by atoms with Gasteiger partial charge in [0.25, 0.3) is 0 Å². The molecule has 1 aromatic heterocycles. The lowest BCUT2D eigenvalue weighted by Crippen LogP contribution is -2.14. The molecule has 1 atom stereocenters. The van der Waals surface area contributed by atoms with Gasteiger partial charge in [-0.15, -0.1) is 0 Å². The van der Waals surface area contributed by atoms with Crippen molar-refractivity contribution in [3.8, 4) is 0 Å². The number of nitrogens with one attached hydrogen (secondary N) is 3. The van der Waals surface area contributed by atoms with Gasteiger partial charge in [0.05, 0.1) is 16.7 Å². The number of H-pyrrole nitrogens is 2. The van der Waals surface area contributed by atoms with Crippen LogP contribution in [0.2, 0.25) is 0 Å². The predicted octanol–water partition coefficient (Wildman–Crippen LogP) is 2.32. The summed E-state index contributed by atoms with van der Waals surface area (Å²) in [5, 5.41) is 2.86. The van der Waals surface area contributed by atoms with Gasteiger partial charge in [0.15, 0.2) is 0 Å². The number of hydrogen-bond donors (Lipinski definition) is 4. The zero-order valence-electron chi connectivity index (χ0n) is 11.8. The van der Waals surface area contributed by atoms with E-state index in [0.29, 0.717) is 35.6 Å². The van der Waals surface area contributed by atoms with E-state index in [2.05, 4.69) is 38.1 Å². The van der Waals surface area contributed by atoms with Crippen LogP contribution in [-0.2, 0) is 4.79 Å². The number of carbonyl (C=O) groups is 1. The van der Waals surface area contributed by atoms with E-state index >= 15 is 0 Å². The molecule has 0 spiro atoms. The van der Waals surface area contributed by atoms with Crippen molar-refractivity contribution in [2.75, 3.05) is 11.9 Å². The number of amides is 1. The van der Waals surface area contributed by atoms with Gasteiger partial charge in [-0.1, -0.05) is 6.92 Å². The maximum atomic E-state index is 12.0. The Morgan fingerprint density at radius 2 is 2.00 bits per heavy atom. The van der Waals surface area contributed by atoms with E-state index in [1.807, 2.05) is 0 Å². The summed E-state index contributed by atoms with van der Waals surface area (Å²) in [4.78, 5) is 28.6. The Bertz CT molecular complexity index is 692. The summed E-state index contributed by atoms with van der Waals surface area (Å²) in [5.74, 6) is 0.393. The maximum Gasteiger partial charge on any atom is 0.323 e. The fourth-order valence-electron chi connectivity index (χ4n) is 2.17. The van der Waals surface area contributed by atoms with Crippen LogP contribution in [0, 0.1) is 5.92 Å². The molecule has 1 amide bonds. The predicted molar refractivity (Wildman–Crippen MR) is 87.3 cm³/mol. The summed E-state index contributed by atoms with van der Waals surface area (Å²) in [6, 6.07) is 3.50. The van der Waals surface area contributed by atoms with E-state index in [9.17, 15) is 9.59 Å². The van der Waals surface area contributed by atoms with Gasteiger partial charge >= 0.3 is 5.69 Å². The average Bonchev–Trinajstić information content (AvgIpc) is 2.76. The fourth-order valence-corrected chi connectivity index (χ4v) is 2.61. The minimum absolute atomic E-state index is 0.0446. The molecule has 2 rings (SSSR count). The lowest BCUT2D eigenvalue weighted by Gasteiger charge is -2.11. The van der Waals surface area contributed by atoms with E-state index in [-0.39, 0.29) is 11.6 Å². The van der Waals surface area contributed by atoms with Gasteiger partial charge in [0, 0.05) is 10.9 Å². The quantitative estimate of drug-likeness (QED) is 0.639. The Hall–Kier alpha value is -1.60. The molecule has 5 N–H and O–H groups in total. The van der Waals surface area contributed by atoms with Crippen molar-refractivity contribution in [2.45, 2.75) is 26.2 Å². The van der Waals surface area contributed by atoms with Crippen LogP contribution < -0.4 is 16.7 Å². The summed E-state index contributed by atoms with van der Waals surface area (Å²) in [5.41, 5.74) is 7.23. The second kappa shape index (κ2) is 6.91. The molecular formula is C14H19BrN4O2. The molecule has 0 fully saturated rings. The van der Waals surface area contributed by atoms with Gasteiger partial charge in [0.1, 0.15) is 0 Å². The highest BCUT2D eigenvalue weighted by molar-refractivity contribution is 9.10. The van der Waals surface area contributed by atoms with Gasteiger partial charge in [-0.05, 0) is 53.4 Å². The minimum atomic E-state index is -0.268. The number of anilines is 1. The van der Waals surface area contributed by atoms with Crippen LogP contribution in [0.1, 0.15) is 26.2 Å². The Balaban J connectivity index is 2.03. The Morgan fingerprint density at radius 1 is 1.33 bits per heavy atom. The molecule has 0 radical (unpaired) electrons. The van der Waals surface area contributed by atoms with Crippen LogP contribution in [0.15, 0.2) is 21.4 Å².